The van der Waals surface area contributed by atoms with E-state index in [2.05, 4.69) is 5.16 Å². The van der Waals surface area contributed by atoms with Gasteiger partial charge in [0.25, 0.3) is 0 Å². The minimum Gasteiger partial charge on any atom is -0.359 e. The summed E-state index contributed by atoms with van der Waals surface area (Å²) in [6, 6.07) is 1.70. The highest BCUT2D eigenvalue weighted by Crippen LogP contribution is 2.32. The minimum atomic E-state index is -0.595. The first-order valence-electron chi connectivity index (χ1n) is 8.32. The Hall–Kier alpha value is -2.38. The van der Waals surface area contributed by atoms with Crippen LogP contribution in [-0.4, -0.2) is 70.3 Å². The molecule has 2 saturated heterocycles. The molecule has 0 N–H and O–H groups in total. The summed E-state index contributed by atoms with van der Waals surface area (Å²) in [5.41, 5.74) is 0.778. The zero-order chi connectivity index (χ0) is 17.3. The second-order valence-electron chi connectivity index (χ2n) is 6.23. The molecule has 1 atom stereocenters. The van der Waals surface area contributed by atoms with Crippen LogP contribution < -0.4 is 0 Å². The summed E-state index contributed by atoms with van der Waals surface area (Å²) in [5.74, 6) is -0.600. The molecule has 0 bridgehead atoms. The lowest BCUT2D eigenvalue weighted by Crippen LogP contribution is -2.56. The Kier molecular flexibility index (Phi) is 4.55. The second kappa shape index (κ2) is 6.62. The monoisotopic (exact) mass is 334 g/mol. The number of likely N-dealkylation sites (N-methyl/N-ethyl adjacent to an activating group) is 1. The fraction of sp³-hybridized carbons (Fsp3) is 0.625. The Bertz CT molecular complexity index is 656. The van der Waals surface area contributed by atoms with Crippen LogP contribution in [0.25, 0.3) is 0 Å². The van der Waals surface area contributed by atoms with E-state index in [1.54, 1.807) is 4.90 Å². The zero-order valence-electron chi connectivity index (χ0n) is 14.0. The average Bonchev–Trinajstić information content (AvgIpc) is 3.20. The number of piperazine rings is 1. The van der Waals surface area contributed by atoms with Crippen molar-refractivity contribution >= 4 is 17.7 Å². The molecule has 3 heterocycles. The molecule has 0 saturated carbocycles. The number of likely N-dealkylation sites (tertiary alicyclic amines) is 1. The van der Waals surface area contributed by atoms with Gasteiger partial charge in [-0.05, 0) is 26.7 Å². The summed E-state index contributed by atoms with van der Waals surface area (Å²) < 4.78 is 5.30. The highest BCUT2D eigenvalue weighted by atomic mass is 16.5. The maximum Gasteiger partial charge on any atom is 0.312 e. The molecule has 1 aromatic heterocycles. The van der Waals surface area contributed by atoms with Gasteiger partial charge < -0.3 is 19.2 Å². The third-order valence-electron chi connectivity index (χ3n) is 4.65. The first-order valence-corrected chi connectivity index (χ1v) is 8.32. The summed E-state index contributed by atoms with van der Waals surface area (Å²) in [7, 11) is 0. The molecule has 3 amide bonds. The molecular weight excluding hydrogens is 312 g/mol. The Labute approximate surface area is 140 Å². The Morgan fingerprint density at radius 1 is 1.25 bits per heavy atom. The van der Waals surface area contributed by atoms with Crippen LogP contribution in [0.1, 0.15) is 37.3 Å². The number of amides is 3. The third-order valence-corrected chi connectivity index (χ3v) is 4.65. The number of aryl methyl sites for hydroxylation is 1. The van der Waals surface area contributed by atoms with Gasteiger partial charge in [-0.1, -0.05) is 5.16 Å². The molecule has 0 radical (unpaired) electrons. The number of rotatable bonds is 4. The van der Waals surface area contributed by atoms with Gasteiger partial charge in [0.15, 0.2) is 5.76 Å². The predicted octanol–water partition coefficient (Wildman–Crippen LogP) is 0.337. The van der Waals surface area contributed by atoms with Crippen molar-refractivity contribution in [1.82, 2.24) is 19.9 Å². The number of hydrogen-bond acceptors (Lipinski definition) is 5. The van der Waals surface area contributed by atoms with Gasteiger partial charge in [-0.2, -0.15) is 0 Å². The third kappa shape index (κ3) is 3.00. The SMILES string of the molecule is CCN1CCN(CC(=O)N2CCCC2c2cc(C)no2)C(=O)C1=O. The lowest BCUT2D eigenvalue weighted by atomic mass is 10.1. The van der Waals surface area contributed by atoms with Gasteiger partial charge in [-0.25, -0.2) is 0 Å². The van der Waals surface area contributed by atoms with Crippen LogP contribution in [0.3, 0.4) is 0 Å². The lowest BCUT2D eigenvalue weighted by molar-refractivity contribution is -0.157. The molecule has 8 heteroatoms. The van der Waals surface area contributed by atoms with Crippen molar-refractivity contribution in [2.24, 2.45) is 0 Å². The number of carbonyl (C=O) groups excluding carboxylic acids is 3. The van der Waals surface area contributed by atoms with Gasteiger partial charge in [-0.3, -0.25) is 14.4 Å². The first-order chi connectivity index (χ1) is 11.5. The fourth-order valence-corrected chi connectivity index (χ4v) is 3.32. The topological polar surface area (TPSA) is 87.0 Å². The number of nitrogens with zero attached hydrogens (tertiary/aromatic N) is 4. The molecule has 0 aliphatic carbocycles. The normalized spacial score (nSPS) is 21.8. The molecule has 24 heavy (non-hydrogen) atoms. The van der Waals surface area contributed by atoms with E-state index in [1.165, 1.54) is 9.80 Å². The van der Waals surface area contributed by atoms with E-state index in [-0.39, 0.29) is 18.5 Å². The minimum absolute atomic E-state index is 0.0637. The van der Waals surface area contributed by atoms with E-state index >= 15 is 0 Å². The maximum atomic E-state index is 12.7. The van der Waals surface area contributed by atoms with E-state index in [1.807, 2.05) is 19.9 Å². The van der Waals surface area contributed by atoms with Crippen LogP contribution in [0.4, 0.5) is 0 Å². The fourth-order valence-electron chi connectivity index (χ4n) is 3.32. The Balaban J connectivity index is 1.66. The molecule has 2 aliphatic rings. The molecule has 1 aromatic rings. The summed E-state index contributed by atoms with van der Waals surface area (Å²) >= 11 is 0. The van der Waals surface area contributed by atoms with Crippen LogP contribution in [0.5, 0.6) is 0 Å². The van der Waals surface area contributed by atoms with E-state index in [0.717, 1.165) is 18.5 Å². The smallest absolute Gasteiger partial charge is 0.312 e. The summed E-state index contributed by atoms with van der Waals surface area (Å²) in [6.45, 7) is 5.60. The van der Waals surface area contributed by atoms with Gasteiger partial charge in [0.05, 0.1) is 11.7 Å². The van der Waals surface area contributed by atoms with E-state index in [0.29, 0.717) is 31.9 Å². The number of aromatic nitrogens is 1. The van der Waals surface area contributed by atoms with Crippen molar-refractivity contribution in [2.75, 3.05) is 32.7 Å². The van der Waals surface area contributed by atoms with Crippen molar-refractivity contribution < 1.29 is 18.9 Å². The summed E-state index contributed by atoms with van der Waals surface area (Å²) in [4.78, 5) is 41.3. The van der Waals surface area contributed by atoms with Gasteiger partial charge in [0.1, 0.15) is 6.54 Å². The largest absolute Gasteiger partial charge is 0.359 e. The van der Waals surface area contributed by atoms with Crippen molar-refractivity contribution in [3.8, 4) is 0 Å². The highest BCUT2D eigenvalue weighted by molar-refractivity contribution is 6.35. The molecule has 130 valence electrons. The molecule has 8 nitrogen and oxygen atoms in total. The van der Waals surface area contributed by atoms with Crippen molar-refractivity contribution in [3.63, 3.8) is 0 Å². The summed E-state index contributed by atoms with van der Waals surface area (Å²) in [5, 5.41) is 3.88. The molecule has 3 rings (SSSR count). The Morgan fingerprint density at radius 2 is 1.96 bits per heavy atom. The van der Waals surface area contributed by atoms with E-state index in [4.69, 9.17) is 4.52 Å². The molecular formula is C16H22N4O4. The van der Waals surface area contributed by atoms with Crippen molar-refractivity contribution in [1.29, 1.82) is 0 Å². The summed E-state index contributed by atoms with van der Waals surface area (Å²) in [6.07, 6.45) is 1.70. The maximum absolute atomic E-state index is 12.7. The van der Waals surface area contributed by atoms with E-state index in [9.17, 15) is 14.4 Å². The van der Waals surface area contributed by atoms with Gasteiger partial charge >= 0.3 is 11.8 Å². The lowest BCUT2D eigenvalue weighted by Gasteiger charge is -2.34. The average molecular weight is 334 g/mol. The highest BCUT2D eigenvalue weighted by Gasteiger charge is 2.37. The number of carbonyl (C=O) groups is 3. The van der Waals surface area contributed by atoms with Crippen LogP contribution in [0, 0.1) is 6.92 Å². The number of hydrogen-bond donors (Lipinski definition) is 0. The van der Waals surface area contributed by atoms with Gasteiger partial charge in [-0.15, -0.1) is 0 Å². The molecule has 0 spiro atoms. The molecule has 2 aliphatic heterocycles. The van der Waals surface area contributed by atoms with Crippen LogP contribution in [-0.2, 0) is 14.4 Å². The zero-order valence-corrected chi connectivity index (χ0v) is 14.0. The van der Waals surface area contributed by atoms with Gasteiger partial charge in [0, 0.05) is 32.2 Å². The predicted molar refractivity (Wildman–Crippen MR) is 83.8 cm³/mol. The van der Waals surface area contributed by atoms with Crippen LogP contribution in [0.15, 0.2) is 10.6 Å². The Morgan fingerprint density at radius 3 is 2.62 bits per heavy atom. The van der Waals surface area contributed by atoms with Crippen molar-refractivity contribution in [2.45, 2.75) is 32.7 Å². The molecule has 1 unspecified atom stereocenters. The van der Waals surface area contributed by atoms with Crippen molar-refractivity contribution in [3.05, 3.63) is 17.5 Å². The quantitative estimate of drug-likeness (QED) is 0.741. The second-order valence-corrected chi connectivity index (χ2v) is 6.23. The van der Waals surface area contributed by atoms with E-state index < -0.39 is 11.8 Å². The van der Waals surface area contributed by atoms with Gasteiger partial charge in [0.2, 0.25) is 5.91 Å². The standard InChI is InChI=1S/C16H22N4O4/c1-3-18-7-8-19(16(23)15(18)22)10-14(21)20-6-4-5-12(20)13-9-11(2)17-24-13/h9,12H,3-8,10H2,1-2H3. The first kappa shape index (κ1) is 16.5. The molecule has 2 fully saturated rings. The van der Waals surface area contributed by atoms with Crippen LogP contribution >= 0.6 is 0 Å². The molecule has 0 aromatic carbocycles. The van der Waals surface area contributed by atoms with Crippen LogP contribution in [0.2, 0.25) is 0 Å².